The molecule has 1 unspecified atom stereocenters. The van der Waals surface area contributed by atoms with Crippen LogP contribution in [0.2, 0.25) is 10.0 Å². The fourth-order valence-corrected chi connectivity index (χ4v) is 5.36. The Morgan fingerprint density at radius 3 is 2.52 bits per heavy atom. The third-order valence-corrected chi connectivity index (χ3v) is 7.65. The van der Waals surface area contributed by atoms with Crippen molar-refractivity contribution in [2.75, 3.05) is 25.5 Å². The van der Waals surface area contributed by atoms with Crippen molar-refractivity contribution in [1.82, 2.24) is 19.7 Å². The molecule has 0 saturated carbocycles. The Labute approximate surface area is 241 Å². The molecule has 2 N–H and O–H groups in total. The number of hydrogen-bond donors (Lipinski definition) is 2. The number of rotatable bonds is 7. The van der Waals surface area contributed by atoms with Crippen LogP contribution in [-0.4, -0.2) is 57.0 Å². The summed E-state index contributed by atoms with van der Waals surface area (Å²) in [4.78, 5) is 32.0. The zero-order valence-corrected chi connectivity index (χ0v) is 23.4. The first-order chi connectivity index (χ1) is 19.3. The molecule has 1 saturated heterocycles. The number of methoxy groups -OCH3 is 1. The van der Waals surface area contributed by atoms with E-state index >= 15 is 0 Å². The van der Waals surface area contributed by atoms with Crippen LogP contribution in [0.3, 0.4) is 0 Å². The highest BCUT2D eigenvalue weighted by Gasteiger charge is 2.23. The van der Waals surface area contributed by atoms with Gasteiger partial charge in [-0.05, 0) is 24.6 Å². The Bertz CT molecular complexity index is 1640. The summed E-state index contributed by atoms with van der Waals surface area (Å²) in [7, 11) is 3.05. The number of anilines is 1. The van der Waals surface area contributed by atoms with Crippen LogP contribution >= 0.6 is 23.2 Å². The quantitative estimate of drug-likeness (QED) is 0.328. The van der Waals surface area contributed by atoms with E-state index in [0.29, 0.717) is 52.1 Å². The van der Waals surface area contributed by atoms with E-state index in [2.05, 4.69) is 15.3 Å². The SMILES string of the molecule is COc1nc(-c2cccc(-c3cccc(NC(=O)c4ccnn(C)c4=O)c3Cl)c2Cl)ccc1CN1CCC(O)C1. The average molecular weight is 580 g/mol. The summed E-state index contributed by atoms with van der Waals surface area (Å²) in [6.45, 7) is 2.07. The first kappa shape index (κ1) is 27.8. The van der Waals surface area contributed by atoms with Crippen LogP contribution in [0.25, 0.3) is 22.4 Å². The second kappa shape index (κ2) is 11.8. The number of ether oxygens (including phenoxy) is 1. The Balaban J connectivity index is 1.45. The van der Waals surface area contributed by atoms with Gasteiger partial charge in [0.15, 0.2) is 0 Å². The molecule has 1 atom stereocenters. The fourth-order valence-electron chi connectivity index (χ4n) is 4.76. The number of likely N-dealkylation sites (tertiary alicyclic amines) is 1. The molecule has 2 aromatic carbocycles. The van der Waals surface area contributed by atoms with E-state index in [-0.39, 0.29) is 16.7 Å². The molecule has 3 heterocycles. The van der Waals surface area contributed by atoms with E-state index in [1.165, 1.54) is 19.3 Å². The van der Waals surface area contributed by atoms with Crippen molar-refractivity contribution >= 4 is 34.8 Å². The van der Waals surface area contributed by atoms with Crippen molar-refractivity contribution in [2.45, 2.75) is 19.1 Å². The van der Waals surface area contributed by atoms with E-state index < -0.39 is 11.5 Å². The van der Waals surface area contributed by atoms with Crippen molar-refractivity contribution in [1.29, 1.82) is 0 Å². The van der Waals surface area contributed by atoms with Crippen molar-refractivity contribution in [3.63, 3.8) is 0 Å². The largest absolute Gasteiger partial charge is 0.481 e. The molecule has 1 fully saturated rings. The Morgan fingerprint density at radius 1 is 1.07 bits per heavy atom. The number of hydrogen-bond acceptors (Lipinski definition) is 7. The van der Waals surface area contributed by atoms with Gasteiger partial charge < -0.3 is 15.2 Å². The van der Waals surface area contributed by atoms with Crippen LogP contribution in [0.1, 0.15) is 22.3 Å². The lowest BCUT2D eigenvalue weighted by Gasteiger charge is -2.18. The number of β-amino-alcohol motifs (C(OH)–C–C–N with tert-alkyl or cyclic N) is 1. The summed E-state index contributed by atoms with van der Waals surface area (Å²) in [5, 5.41) is 17.1. The van der Waals surface area contributed by atoms with Gasteiger partial charge >= 0.3 is 0 Å². The number of aromatic nitrogens is 3. The summed E-state index contributed by atoms with van der Waals surface area (Å²) < 4.78 is 6.68. The number of amides is 1. The number of halogens is 2. The van der Waals surface area contributed by atoms with Gasteiger partial charge in [0, 0.05) is 55.1 Å². The maximum atomic E-state index is 12.8. The fraction of sp³-hybridized carbons (Fsp3) is 0.241. The molecular formula is C29H27Cl2N5O4. The lowest BCUT2D eigenvalue weighted by molar-refractivity contribution is 0.102. The van der Waals surface area contributed by atoms with Crippen molar-refractivity contribution in [3.8, 4) is 28.3 Å². The third kappa shape index (κ3) is 5.59. The van der Waals surface area contributed by atoms with E-state index in [9.17, 15) is 14.7 Å². The van der Waals surface area contributed by atoms with Crippen molar-refractivity contribution in [3.05, 3.63) is 92.3 Å². The summed E-state index contributed by atoms with van der Waals surface area (Å²) in [5.74, 6) is -0.105. The maximum absolute atomic E-state index is 12.8. The van der Waals surface area contributed by atoms with Crippen molar-refractivity contribution < 1.29 is 14.6 Å². The number of benzene rings is 2. The number of aliphatic hydroxyl groups excluding tert-OH is 1. The summed E-state index contributed by atoms with van der Waals surface area (Å²) >= 11 is 13.7. The highest BCUT2D eigenvalue weighted by atomic mass is 35.5. The van der Waals surface area contributed by atoms with Gasteiger partial charge in [-0.1, -0.05) is 59.6 Å². The zero-order valence-electron chi connectivity index (χ0n) is 21.9. The smallest absolute Gasteiger partial charge is 0.279 e. The molecule has 0 aliphatic carbocycles. The minimum absolute atomic E-state index is 0.0524. The van der Waals surface area contributed by atoms with Gasteiger partial charge in [0.1, 0.15) is 5.56 Å². The summed E-state index contributed by atoms with van der Waals surface area (Å²) in [6.07, 6.45) is 1.83. The molecule has 4 aromatic rings. The lowest BCUT2D eigenvalue weighted by Crippen LogP contribution is -2.28. The molecule has 40 heavy (non-hydrogen) atoms. The number of carbonyl (C=O) groups is 1. The summed E-state index contributed by atoms with van der Waals surface area (Å²) in [5.41, 5.74) is 3.25. The zero-order chi connectivity index (χ0) is 28.4. The third-order valence-electron chi connectivity index (χ3n) is 6.84. The van der Waals surface area contributed by atoms with Crippen LogP contribution in [0.5, 0.6) is 5.88 Å². The second-order valence-electron chi connectivity index (χ2n) is 9.50. The van der Waals surface area contributed by atoms with E-state index in [1.54, 1.807) is 25.3 Å². The molecule has 9 nitrogen and oxygen atoms in total. The van der Waals surface area contributed by atoms with Crippen LogP contribution < -0.4 is 15.6 Å². The molecule has 0 radical (unpaired) electrons. The van der Waals surface area contributed by atoms with Gasteiger partial charge in [-0.2, -0.15) is 5.10 Å². The van der Waals surface area contributed by atoms with Crippen LogP contribution in [0.4, 0.5) is 5.69 Å². The molecule has 5 rings (SSSR count). The minimum Gasteiger partial charge on any atom is -0.481 e. The topological polar surface area (TPSA) is 110 Å². The van der Waals surface area contributed by atoms with E-state index in [1.807, 2.05) is 30.3 Å². The van der Waals surface area contributed by atoms with Crippen LogP contribution in [-0.2, 0) is 13.6 Å². The van der Waals surface area contributed by atoms with Crippen molar-refractivity contribution in [2.24, 2.45) is 7.05 Å². The number of nitrogens with one attached hydrogen (secondary N) is 1. The molecule has 11 heteroatoms. The van der Waals surface area contributed by atoms with Gasteiger partial charge in [0.05, 0.1) is 34.6 Å². The molecule has 0 spiro atoms. The van der Waals surface area contributed by atoms with Gasteiger partial charge in [-0.25, -0.2) is 9.67 Å². The van der Waals surface area contributed by atoms with Gasteiger partial charge in [0.2, 0.25) is 5.88 Å². The van der Waals surface area contributed by atoms with Crippen LogP contribution in [0, 0.1) is 0 Å². The number of aliphatic hydroxyl groups is 1. The van der Waals surface area contributed by atoms with Gasteiger partial charge in [-0.15, -0.1) is 0 Å². The number of nitrogens with zero attached hydrogens (tertiary/aromatic N) is 4. The molecule has 1 aliphatic heterocycles. The Kier molecular flexibility index (Phi) is 8.18. The first-order valence-electron chi connectivity index (χ1n) is 12.6. The maximum Gasteiger partial charge on any atom is 0.279 e. The second-order valence-corrected chi connectivity index (χ2v) is 10.3. The minimum atomic E-state index is -0.596. The number of aryl methyl sites for hydroxylation is 1. The van der Waals surface area contributed by atoms with Gasteiger partial charge in [-0.3, -0.25) is 14.5 Å². The average Bonchev–Trinajstić information content (AvgIpc) is 3.36. The predicted molar refractivity (Wildman–Crippen MR) is 155 cm³/mol. The van der Waals surface area contributed by atoms with E-state index in [4.69, 9.17) is 32.9 Å². The summed E-state index contributed by atoms with van der Waals surface area (Å²) in [6, 6.07) is 16.0. The monoisotopic (exact) mass is 579 g/mol. The Morgan fingerprint density at radius 2 is 1.80 bits per heavy atom. The standard InChI is InChI=1S/C29H27Cl2N5O4/c1-35-29(39)22(11-13-32-35)27(38)33-24-8-4-6-20(26(24)31)19-5-3-7-21(25(19)30)23-10-9-17(28(34-23)40-2)15-36-14-12-18(37)16-36/h3-11,13,18,37H,12,14-16H2,1-2H3,(H,33,38). The normalized spacial score (nSPS) is 15.3. The van der Waals surface area contributed by atoms with Crippen LogP contribution in [0.15, 0.2) is 65.6 Å². The Hall–Kier alpha value is -3.76. The first-order valence-corrected chi connectivity index (χ1v) is 13.4. The highest BCUT2D eigenvalue weighted by molar-refractivity contribution is 6.39. The number of carbonyl (C=O) groups excluding carboxylic acids is 1. The molecule has 0 bridgehead atoms. The van der Waals surface area contributed by atoms with E-state index in [0.717, 1.165) is 23.2 Å². The predicted octanol–water partition coefficient (Wildman–Crippen LogP) is 4.64. The molecule has 2 aromatic heterocycles. The molecule has 1 amide bonds. The lowest BCUT2D eigenvalue weighted by atomic mass is 10.00. The molecule has 1 aliphatic rings. The van der Waals surface area contributed by atoms with Gasteiger partial charge in [0.25, 0.3) is 11.5 Å². The highest BCUT2D eigenvalue weighted by Crippen LogP contribution is 2.41. The molecule has 206 valence electrons. The molecular weight excluding hydrogens is 553 g/mol. The number of pyridine rings is 1.